The fraction of sp³-hybridized carbons (Fsp3) is 0.600. The van der Waals surface area contributed by atoms with Crippen LogP contribution in [-0.4, -0.2) is 34.8 Å². The molecule has 0 bridgehead atoms. The van der Waals surface area contributed by atoms with Gasteiger partial charge in [-0.15, -0.1) is 11.3 Å². The Morgan fingerprint density at radius 3 is 3.06 bits per heavy atom. The quantitative estimate of drug-likeness (QED) is 0.824. The average Bonchev–Trinajstić information content (AvgIpc) is 2.63. The Morgan fingerprint density at radius 2 is 2.50 bits per heavy atom. The van der Waals surface area contributed by atoms with Crippen molar-refractivity contribution >= 4 is 22.4 Å². The molecule has 1 aromatic heterocycles. The number of nitrogens with one attached hydrogen (secondary N) is 1. The SMILES string of the molecule is CCOC1CC(Nc2nc(C(=O)O)cs2)C1. The summed E-state index contributed by atoms with van der Waals surface area (Å²) < 4.78 is 5.44. The first-order valence-electron chi connectivity index (χ1n) is 5.26. The van der Waals surface area contributed by atoms with Gasteiger partial charge in [0.2, 0.25) is 0 Å². The molecule has 1 saturated carbocycles. The molecule has 5 nitrogen and oxygen atoms in total. The zero-order valence-electron chi connectivity index (χ0n) is 8.97. The standard InChI is InChI=1S/C10H14N2O3S/c1-2-15-7-3-6(4-7)11-10-12-8(5-16-10)9(13)14/h5-7H,2-4H2,1H3,(H,11,12)(H,13,14). The molecular formula is C10H14N2O3S. The van der Waals surface area contributed by atoms with Gasteiger partial charge in [0.1, 0.15) is 0 Å². The smallest absolute Gasteiger partial charge is 0.355 e. The number of hydrogen-bond acceptors (Lipinski definition) is 5. The molecule has 0 atom stereocenters. The van der Waals surface area contributed by atoms with Crippen LogP contribution in [-0.2, 0) is 4.74 Å². The number of aromatic nitrogens is 1. The number of aromatic carboxylic acids is 1. The molecule has 1 aliphatic carbocycles. The molecule has 0 amide bonds. The zero-order valence-corrected chi connectivity index (χ0v) is 9.79. The van der Waals surface area contributed by atoms with E-state index in [1.807, 2.05) is 6.92 Å². The van der Waals surface area contributed by atoms with Crippen LogP contribution in [0.3, 0.4) is 0 Å². The molecule has 16 heavy (non-hydrogen) atoms. The monoisotopic (exact) mass is 242 g/mol. The largest absolute Gasteiger partial charge is 0.476 e. The van der Waals surface area contributed by atoms with Crippen LogP contribution >= 0.6 is 11.3 Å². The van der Waals surface area contributed by atoms with Gasteiger partial charge in [-0.2, -0.15) is 0 Å². The van der Waals surface area contributed by atoms with E-state index in [2.05, 4.69) is 10.3 Å². The molecule has 0 aromatic carbocycles. The molecule has 2 rings (SSSR count). The molecule has 1 heterocycles. The molecule has 1 aromatic rings. The van der Waals surface area contributed by atoms with Crippen molar-refractivity contribution in [3.8, 4) is 0 Å². The molecule has 88 valence electrons. The van der Waals surface area contributed by atoms with Crippen molar-refractivity contribution in [3.05, 3.63) is 11.1 Å². The van der Waals surface area contributed by atoms with E-state index in [4.69, 9.17) is 9.84 Å². The minimum Gasteiger partial charge on any atom is -0.476 e. The van der Waals surface area contributed by atoms with Crippen LogP contribution in [0.5, 0.6) is 0 Å². The summed E-state index contributed by atoms with van der Waals surface area (Å²) in [5, 5.41) is 14.1. The Balaban J connectivity index is 1.80. The van der Waals surface area contributed by atoms with Gasteiger partial charge in [0, 0.05) is 18.0 Å². The van der Waals surface area contributed by atoms with Crippen LogP contribution in [0, 0.1) is 0 Å². The second-order valence-electron chi connectivity index (χ2n) is 3.73. The Kier molecular flexibility index (Phi) is 3.40. The van der Waals surface area contributed by atoms with Crippen molar-refractivity contribution in [2.75, 3.05) is 11.9 Å². The second-order valence-corrected chi connectivity index (χ2v) is 4.59. The third kappa shape index (κ3) is 2.51. The summed E-state index contributed by atoms with van der Waals surface area (Å²) in [6.07, 6.45) is 2.28. The van der Waals surface area contributed by atoms with E-state index in [1.165, 1.54) is 11.3 Å². The lowest BCUT2D eigenvalue weighted by Gasteiger charge is -2.35. The van der Waals surface area contributed by atoms with Crippen molar-refractivity contribution in [1.82, 2.24) is 4.98 Å². The van der Waals surface area contributed by atoms with Crippen LogP contribution < -0.4 is 5.32 Å². The highest BCUT2D eigenvalue weighted by Crippen LogP contribution is 2.28. The third-order valence-corrected chi connectivity index (χ3v) is 3.32. The van der Waals surface area contributed by atoms with E-state index in [0.717, 1.165) is 19.4 Å². The predicted octanol–water partition coefficient (Wildman–Crippen LogP) is 1.82. The lowest BCUT2D eigenvalue weighted by Crippen LogP contribution is -2.40. The number of ether oxygens (including phenoxy) is 1. The van der Waals surface area contributed by atoms with E-state index in [0.29, 0.717) is 17.3 Å². The molecular weight excluding hydrogens is 228 g/mol. The molecule has 0 spiro atoms. The lowest BCUT2D eigenvalue weighted by molar-refractivity contribution is 0.00298. The van der Waals surface area contributed by atoms with Crippen molar-refractivity contribution in [1.29, 1.82) is 0 Å². The topological polar surface area (TPSA) is 71.5 Å². The Hall–Kier alpha value is -1.14. The van der Waals surface area contributed by atoms with Crippen LogP contribution in [0.15, 0.2) is 5.38 Å². The van der Waals surface area contributed by atoms with Gasteiger partial charge in [-0.25, -0.2) is 9.78 Å². The zero-order chi connectivity index (χ0) is 11.5. The van der Waals surface area contributed by atoms with Gasteiger partial charge in [-0.3, -0.25) is 0 Å². The van der Waals surface area contributed by atoms with E-state index in [1.54, 1.807) is 5.38 Å². The molecule has 6 heteroatoms. The van der Waals surface area contributed by atoms with Crippen molar-refractivity contribution in [2.24, 2.45) is 0 Å². The number of hydrogen-bond donors (Lipinski definition) is 2. The average molecular weight is 242 g/mol. The maximum atomic E-state index is 10.6. The Bertz CT molecular complexity index is 374. The van der Waals surface area contributed by atoms with Crippen LogP contribution in [0.1, 0.15) is 30.3 Å². The minimum atomic E-state index is -0.981. The Morgan fingerprint density at radius 1 is 1.75 bits per heavy atom. The molecule has 2 N–H and O–H groups in total. The number of carboxylic acid groups (broad SMARTS) is 1. The number of thiazole rings is 1. The molecule has 0 saturated heterocycles. The third-order valence-electron chi connectivity index (χ3n) is 2.55. The van der Waals surface area contributed by atoms with Crippen LogP contribution in [0.2, 0.25) is 0 Å². The summed E-state index contributed by atoms with van der Waals surface area (Å²) >= 11 is 1.33. The first-order chi connectivity index (χ1) is 7.69. The normalized spacial score (nSPS) is 23.8. The number of rotatable bonds is 5. The summed E-state index contributed by atoms with van der Waals surface area (Å²) in [6.45, 7) is 2.73. The van der Waals surface area contributed by atoms with Crippen molar-refractivity contribution in [2.45, 2.75) is 31.9 Å². The number of nitrogens with zero attached hydrogens (tertiary/aromatic N) is 1. The molecule has 0 aliphatic heterocycles. The maximum Gasteiger partial charge on any atom is 0.355 e. The number of anilines is 1. The van der Waals surface area contributed by atoms with Crippen molar-refractivity contribution < 1.29 is 14.6 Å². The van der Waals surface area contributed by atoms with Gasteiger partial charge in [0.15, 0.2) is 10.8 Å². The highest BCUT2D eigenvalue weighted by molar-refractivity contribution is 7.13. The lowest BCUT2D eigenvalue weighted by atomic mass is 9.89. The highest BCUT2D eigenvalue weighted by atomic mass is 32.1. The molecule has 1 fully saturated rings. The number of carboxylic acids is 1. The van der Waals surface area contributed by atoms with E-state index in [9.17, 15) is 4.79 Å². The van der Waals surface area contributed by atoms with Gasteiger partial charge < -0.3 is 15.2 Å². The van der Waals surface area contributed by atoms with Gasteiger partial charge in [0.25, 0.3) is 0 Å². The van der Waals surface area contributed by atoms with Gasteiger partial charge >= 0.3 is 5.97 Å². The van der Waals surface area contributed by atoms with E-state index in [-0.39, 0.29) is 5.69 Å². The second kappa shape index (κ2) is 4.80. The van der Waals surface area contributed by atoms with Gasteiger partial charge in [0.05, 0.1) is 6.10 Å². The van der Waals surface area contributed by atoms with Crippen LogP contribution in [0.25, 0.3) is 0 Å². The molecule has 0 radical (unpaired) electrons. The van der Waals surface area contributed by atoms with Crippen molar-refractivity contribution in [3.63, 3.8) is 0 Å². The fourth-order valence-corrected chi connectivity index (χ4v) is 2.43. The maximum absolute atomic E-state index is 10.6. The van der Waals surface area contributed by atoms with E-state index >= 15 is 0 Å². The Labute approximate surface area is 97.5 Å². The first kappa shape index (κ1) is 11.3. The van der Waals surface area contributed by atoms with Crippen LogP contribution in [0.4, 0.5) is 5.13 Å². The highest BCUT2D eigenvalue weighted by Gasteiger charge is 2.30. The van der Waals surface area contributed by atoms with Gasteiger partial charge in [-0.05, 0) is 19.8 Å². The first-order valence-corrected chi connectivity index (χ1v) is 6.14. The summed E-state index contributed by atoms with van der Waals surface area (Å²) in [5.41, 5.74) is 0.105. The minimum absolute atomic E-state index is 0.105. The van der Waals surface area contributed by atoms with E-state index < -0.39 is 5.97 Å². The van der Waals surface area contributed by atoms with Gasteiger partial charge in [-0.1, -0.05) is 0 Å². The fourth-order valence-electron chi connectivity index (χ4n) is 1.67. The predicted molar refractivity (Wildman–Crippen MR) is 61.1 cm³/mol. The summed E-state index contributed by atoms with van der Waals surface area (Å²) in [4.78, 5) is 14.6. The number of carbonyl (C=O) groups is 1. The summed E-state index contributed by atoms with van der Waals surface area (Å²) in [7, 11) is 0. The molecule has 0 unspecified atom stereocenters. The molecule has 1 aliphatic rings. The summed E-state index contributed by atoms with van der Waals surface area (Å²) in [5.74, 6) is -0.981. The summed E-state index contributed by atoms with van der Waals surface area (Å²) in [6, 6.07) is 0.365.